The molecule has 2 aromatic rings. The van der Waals surface area contributed by atoms with Crippen molar-refractivity contribution >= 4 is 12.0 Å². The van der Waals surface area contributed by atoms with Gasteiger partial charge in [0.2, 0.25) is 0 Å². The van der Waals surface area contributed by atoms with Crippen LogP contribution in [0.4, 0.5) is 0 Å². The highest BCUT2D eigenvalue weighted by atomic mass is 16.4. The SMILES string of the molecule is O=C(O)[C@@H]1Cc2nc[nH]c2CN1C/C=C/c1ccccc1. The monoisotopic (exact) mass is 283 g/mol. The summed E-state index contributed by atoms with van der Waals surface area (Å²) in [6.07, 6.45) is 6.11. The van der Waals surface area contributed by atoms with Gasteiger partial charge in [0.1, 0.15) is 6.04 Å². The number of hydrogen-bond acceptors (Lipinski definition) is 3. The molecule has 1 aliphatic rings. The van der Waals surface area contributed by atoms with Gasteiger partial charge in [-0.05, 0) is 5.56 Å². The number of benzene rings is 1. The molecule has 21 heavy (non-hydrogen) atoms. The molecule has 0 bridgehead atoms. The minimum Gasteiger partial charge on any atom is -0.480 e. The highest BCUT2D eigenvalue weighted by Crippen LogP contribution is 2.20. The Balaban J connectivity index is 1.71. The molecule has 0 saturated heterocycles. The Morgan fingerprint density at radius 2 is 2.24 bits per heavy atom. The first-order chi connectivity index (χ1) is 10.2. The molecule has 1 aromatic carbocycles. The zero-order valence-corrected chi connectivity index (χ0v) is 11.6. The van der Waals surface area contributed by atoms with E-state index in [4.69, 9.17) is 0 Å². The van der Waals surface area contributed by atoms with Crippen molar-refractivity contribution in [2.75, 3.05) is 6.54 Å². The second kappa shape index (κ2) is 5.93. The van der Waals surface area contributed by atoms with Crippen LogP contribution in [0.2, 0.25) is 0 Å². The van der Waals surface area contributed by atoms with Crippen molar-refractivity contribution in [1.82, 2.24) is 14.9 Å². The Bertz CT molecular complexity index is 649. The second-order valence-corrected chi connectivity index (χ2v) is 5.13. The van der Waals surface area contributed by atoms with Crippen LogP contribution in [0, 0.1) is 0 Å². The van der Waals surface area contributed by atoms with E-state index in [1.54, 1.807) is 6.33 Å². The topological polar surface area (TPSA) is 69.2 Å². The lowest BCUT2D eigenvalue weighted by molar-refractivity contribution is -0.143. The van der Waals surface area contributed by atoms with Crippen LogP contribution < -0.4 is 0 Å². The predicted octanol–water partition coefficient (Wildman–Crippen LogP) is 1.93. The van der Waals surface area contributed by atoms with Crippen molar-refractivity contribution in [2.24, 2.45) is 0 Å². The molecule has 1 aliphatic heterocycles. The average molecular weight is 283 g/mol. The molecule has 5 heteroatoms. The number of hydrogen-bond donors (Lipinski definition) is 2. The maximum atomic E-state index is 11.4. The molecule has 0 saturated carbocycles. The van der Waals surface area contributed by atoms with E-state index in [-0.39, 0.29) is 0 Å². The van der Waals surface area contributed by atoms with Gasteiger partial charge in [0.15, 0.2) is 0 Å². The first-order valence-electron chi connectivity index (χ1n) is 6.93. The zero-order valence-electron chi connectivity index (χ0n) is 11.6. The average Bonchev–Trinajstić information content (AvgIpc) is 2.94. The number of carbonyl (C=O) groups is 1. The first-order valence-corrected chi connectivity index (χ1v) is 6.93. The fourth-order valence-electron chi connectivity index (χ4n) is 2.61. The van der Waals surface area contributed by atoms with Crippen molar-refractivity contribution in [3.63, 3.8) is 0 Å². The second-order valence-electron chi connectivity index (χ2n) is 5.13. The minimum absolute atomic E-state index is 0.452. The molecule has 1 aromatic heterocycles. The number of carboxylic acid groups (broad SMARTS) is 1. The van der Waals surface area contributed by atoms with Crippen molar-refractivity contribution in [2.45, 2.75) is 19.0 Å². The fourth-order valence-corrected chi connectivity index (χ4v) is 2.61. The molecule has 2 N–H and O–H groups in total. The van der Waals surface area contributed by atoms with E-state index in [2.05, 4.69) is 9.97 Å². The van der Waals surface area contributed by atoms with Crippen molar-refractivity contribution in [3.05, 3.63) is 59.7 Å². The number of rotatable bonds is 4. The lowest BCUT2D eigenvalue weighted by atomic mass is 10.0. The van der Waals surface area contributed by atoms with Gasteiger partial charge in [-0.25, -0.2) is 4.98 Å². The number of H-pyrrole nitrogens is 1. The molecule has 0 unspecified atom stereocenters. The van der Waals surface area contributed by atoms with Crippen LogP contribution in [-0.4, -0.2) is 38.5 Å². The van der Waals surface area contributed by atoms with Gasteiger partial charge in [0, 0.05) is 19.5 Å². The summed E-state index contributed by atoms with van der Waals surface area (Å²) in [5.41, 5.74) is 3.00. The van der Waals surface area contributed by atoms with E-state index in [1.165, 1.54) is 0 Å². The summed E-state index contributed by atoms with van der Waals surface area (Å²) in [5.74, 6) is -0.795. The van der Waals surface area contributed by atoms with Crippen molar-refractivity contribution in [3.8, 4) is 0 Å². The largest absolute Gasteiger partial charge is 0.480 e. The number of imidazole rings is 1. The number of nitrogens with one attached hydrogen (secondary N) is 1. The van der Waals surface area contributed by atoms with Gasteiger partial charge in [-0.3, -0.25) is 9.69 Å². The molecule has 0 aliphatic carbocycles. The zero-order chi connectivity index (χ0) is 14.7. The van der Waals surface area contributed by atoms with Gasteiger partial charge in [-0.1, -0.05) is 42.5 Å². The molecule has 0 radical (unpaired) electrons. The van der Waals surface area contributed by atoms with E-state index >= 15 is 0 Å². The number of aromatic amines is 1. The molecular weight excluding hydrogens is 266 g/mol. The van der Waals surface area contributed by atoms with Crippen LogP contribution in [0.25, 0.3) is 6.08 Å². The van der Waals surface area contributed by atoms with Gasteiger partial charge in [0.25, 0.3) is 0 Å². The van der Waals surface area contributed by atoms with Crippen LogP contribution in [0.3, 0.4) is 0 Å². The molecule has 0 spiro atoms. The van der Waals surface area contributed by atoms with Gasteiger partial charge < -0.3 is 10.1 Å². The quantitative estimate of drug-likeness (QED) is 0.899. The normalized spacial score (nSPS) is 18.8. The molecule has 1 atom stereocenters. The van der Waals surface area contributed by atoms with Crippen LogP contribution in [0.5, 0.6) is 0 Å². The molecule has 0 fully saturated rings. The number of nitrogens with zero attached hydrogens (tertiary/aromatic N) is 2. The molecule has 108 valence electrons. The molecule has 3 rings (SSSR count). The van der Waals surface area contributed by atoms with Crippen LogP contribution in [0.15, 0.2) is 42.7 Å². The smallest absolute Gasteiger partial charge is 0.321 e. The lowest BCUT2D eigenvalue weighted by Crippen LogP contribution is -2.45. The van der Waals surface area contributed by atoms with Crippen LogP contribution >= 0.6 is 0 Å². The van der Waals surface area contributed by atoms with Gasteiger partial charge in [0.05, 0.1) is 17.7 Å². The highest BCUT2D eigenvalue weighted by molar-refractivity contribution is 5.74. The summed E-state index contributed by atoms with van der Waals surface area (Å²) in [7, 11) is 0. The summed E-state index contributed by atoms with van der Waals surface area (Å²) in [4.78, 5) is 20.6. The van der Waals surface area contributed by atoms with Gasteiger partial charge in [-0.2, -0.15) is 0 Å². The Hall–Kier alpha value is -2.40. The Kier molecular flexibility index (Phi) is 3.83. The molecule has 0 amide bonds. The first kappa shape index (κ1) is 13.6. The van der Waals surface area contributed by atoms with Crippen molar-refractivity contribution < 1.29 is 9.90 Å². The maximum absolute atomic E-state index is 11.4. The van der Waals surface area contributed by atoms with Gasteiger partial charge >= 0.3 is 5.97 Å². The van der Waals surface area contributed by atoms with E-state index in [0.717, 1.165) is 17.0 Å². The number of fused-ring (bicyclic) bond motifs is 1. The van der Waals surface area contributed by atoms with E-state index < -0.39 is 12.0 Å². The van der Waals surface area contributed by atoms with Crippen molar-refractivity contribution in [1.29, 1.82) is 0 Å². The van der Waals surface area contributed by atoms with E-state index in [1.807, 2.05) is 47.4 Å². The van der Waals surface area contributed by atoms with E-state index in [0.29, 0.717) is 19.5 Å². The Morgan fingerprint density at radius 3 is 3.00 bits per heavy atom. The van der Waals surface area contributed by atoms with Crippen LogP contribution in [0.1, 0.15) is 17.0 Å². The van der Waals surface area contributed by atoms with Gasteiger partial charge in [-0.15, -0.1) is 0 Å². The predicted molar refractivity (Wildman–Crippen MR) is 79.6 cm³/mol. The summed E-state index contributed by atoms with van der Waals surface area (Å²) >= 11 is 0. The fraction of sp³-hybridized carbons (Fsp3) is 0.250. The number of carboxylic acids is 1. The third-order valence-corrected chi connectivity index (χ3v) is 3.73. The maximum Gasteiger partial charge on any atom is 0.321 e. The Labute approximate surface area is 122 Å². The van der Waals surface area contributed by atoms with E-state index in [9.17, 15) is 9.90 Å². The summed E-state index contributed by atoms with van der Waals surface area (Å²) in [5, 5.41) is 9.38. The van der Waals surface area contributed by atoms with Crippen LogP contribution in [-0.2, 0) is 17.8 Å². The Morgan fingerprint density at radius 1 is 1.43 bits per heavy atom. The highest BCUT2D eigenvalue weighted by Gasteiger charge is 2.31. The molecule has 5 nitrogen and oxygen atoms in total. The standard InChI is InChI=1S/C16H17N3O2/c20-16(21)15-9-13-14(18-11-17-13)10-19(15)8-4-7-12-5-2-1-3-6-12/h1-7,11,15H,8-10H2,(H,17,18)(H,20,21)/b7-4+/t15-/m0/s1. The lowest BCUT2D eigenvalue weighted by Gasteiger charge is -2.31. The molecular formula is C16H17N3O2. The summed E-state index contributed by atoms with van der Waals surface area (Å²) in [6.45, 7) is 1.19. The third kappa shape index (κ3) is 3.03. The summed E-state index contributed by atoms with van der Waals surface area (Å²) < 4.78 is 0. The minimum atomic E-state index is -0.795. The number of aliphatic carboxylic acids is 1. The molecule has 2 heterocycles. The third-order valence-electron chi connectivity index (χ3n) is 3.73. The summed E-state index contributed by atoms with van der Waals surface area (Å²) in [6, 6.07) is 9.47. The number of aromatic nitrogens is 2.